The van der Waals surface area contributed by atoms with Crippen LogP contribution >= 0.6 is 0 Å². The van der Waals surface area contributed by atoms with Gasteiger partial charge in [-0.05, 0) is 6.08 Å². The molecule has 7 heavy (non-hydrogen) atoms. The highest BCUT2D eigenvalue weighted by molar-refractivity contribution is 5.29. The Kier molecular flexibility index (Phi) is 0.308. The first kappa shape index (κ1) is 3.13. The standard InChI is InChI=1S/C5H4O2/c1-2-3-4-5(6-3)7-4/h2-3H,1H2. The quantitative estimate of drug-likeness (QED) is 0.450. The molecule has 0 aliphatic carbocycles. The van der Waals surface area contributed by atoms with E-state index in [0.29, 0.717) is 5.95 Å². The molecule has 0 aromatic heterocycles. The summed E-state index contributed by atoms with van der Waals surface area (Å²) in [6.07, 6.45) is 1.79. The first-order chi connectivity index (χ1) is 3.42. The minimum absolute atomic E-state index is 0.0787. The first-order valence-electron chi connectivity index (χ1n) is 2.13. The Labute approximate surface area is 41.0 Å². The molecule has 0 saturated heterocycles. The van der Waals surface area contributed by atoms with Crippen molar-refractivity contribution in [1.82, 2.24) is 0 Å². The van der Waals surface area contributed by atoms with E-state index < -0.39 is 0 Å². The zero-order valence-electron chi connectivity index (χ0n) is 3.68. The molecule has 2 aliphatic heterocycles. The summed E-state index contributed by atoms with van der Waals surface area (Å²) in [5.41, 5.74) is 0. The number of hydrogen-bond donors (Lipinski definition) is 0. The predicted octanol–water partition coefficient (Wildman–Crippen LogP) is 0.770. The Bertz CT molecular complexity index is 157. The first-order valence-corrected chi connectivity index (χ1v) is 2.13. The maximum absolute atomic E-state index is 4.90. The average Bonchev–Trinajstić information content (AvgIpc) is 2.18. The van der Waals surface area contributed by atoms with Crippen LogP contribution in [-0.4, -0.2) is 6.10 Å². The van der Waals surface area contributed by atoms with Crippen LogP contribution < -0.4 is 0 Å². The summed E-state index contributed by atoms with van der Waals surface area (Å²) >= 11 is 0. The van der Waals surface area contributed by atoms with Crippen molar-refractivity contribution in [3.05, 3.63) is 24.4 Å². The summed E-state index contributed by atoms with van der Waals surface area (Å²) in [5.74, 6) is 1.68. The second kappa shape index (κ2) is 0.689. The van der Waals surface area contributed by atoms with Gasteiger partial charge in [-0.15, -0.1) is 0 Å². The third-order valence-corrected chi connectivity index (χ3v) is 1.07. The zero-order chi connectivity index (χ0) is 4.85. The van der Waals surface area contributed by atoms with Crippen LogP contribution in [0.2, 0.25) is 0 Å². The van der Waals surface area contributed by atoms with Crippen LogP contribution in [0.5, 0.6) is 0 Å². The van der Waals surface area contributed by atoms with Crippen LogP contribution in [0.3, 0.4) is 0 Å². The normalized spacial score (nSPS) is 31.7. The number of rotatable bonds is 1. The van der Waals surface area contributed by atoms with E-state index in [9.17, 15) is 0 Å². The van der Waals surface area contributed by atoms with E-state index in [4.69, 9.17) is 9.47 Å². The minimum atomic E-state index is 0.0787. The summed E-state index contributed by atoms with van der Waals surface area (Å²) in [5, 5.41) is 0. The monoisotopic (exact) mass is 96.0 g/mol. The van der Waals surface area contributed by atoms with Gasteiger partial charge < -0.3 is 9.47 Å². The largest absolute Gasteiger partial charge is 0.446 e. The molecule has 2 aliphatic rings. The van der Waals surface area contributed by atoms with Crippen LogP contribution in [0.1, 0.15) is 0 Å². The maximum Gasteiger partial charge on any atom is 0.330 e. The van der Waals surface area contributed by atoms with Gasteiger partial charge in [-0.1, -0.05) is 6.58 Å². The van der Waals surface area contributed by atoms with E-state index >= 15 is 0 Å². The van der Waals surface area contributed by atoms with Gasteiger partial charge in [0.2, 0.25) is 5.76 Å². The highest BCUT2D eigenvalue weighted by Crippen LogP contribution is 2.43. The van der Waals surface area contributed by atoms with Crippen LogP contribution in [0, 0.1) is 0 Å². The second-order valence-corrected chi connectivity index (χ2v) is 1.53. The van der Waals surface area contributed by atoms with Gasteiger partial charge in [0.1, 0.15) is 0 Å². The molecule has 0 saturated carbocycles. The molecule has 0 amide bonds. The molecule has 0 bridgehead atoms. The van der Waals surface area contributed by atoms with Crippen molar-refractivity contribution < 1.29 is 9.47 Å². The van der Waals surface area contributed by atoms with Crippen molar-refractivity contribution in [2.75, 3.05) is 0 Å². The Morgan fingerprint density at radius 1 is 1.71 bits per heavy atom. The van der Waals surface area contributed by atoms with Crippen molar-refractivity contribution in [2.45, 2.75) is 6.10 Å². The molecule has 1 unspecified atom stereocenters. The Hall–Kier alpha value is -0.920. The molecule has 36 valence electrons. The van der Waals surface area contributed by atoms with Gasteiger partial charge in [-0.25, -0.2) is 0 Å². The van der Waals surface area contributed by atoms with Gasteiger partial charge in [0, 0.05) is 0 Å². The molecule has 0 radical (unpaired) electrons. The van der Waals surface area contributed by atoms with Gasteiger partial charge in [0.05, 0.1) is 0 Å². The molecular formula is C5H4O2. The van der Waals surface area contributed by atoms with Crippen molar-refractivity contribution >= 4 is 0 Å². The van der Waals surface area contributed by atoms with Gasteiger partial charge in [-0.2, -0.15) is 0 Å². The Morgan fingerprint density at radius 2 is 2.57 bits per heavy atom. The topological polar surface area (TPSA) is 21.8 Å². The SMILES string of the molecule is C=CC1OC2=C1O2. The van der Waals surface area contributed by atoms with E-state index in [2.05, 4.69) is 6.58 Å². The molecule has 0 spiro atoms. The van der Waals surface area contributed by atoms with Crippen LogP contribution in [0.25, 0.3) is 0 Å². The number of hydrogen-bond acceptors (Lipinski definition) is 2. The summed E-state index contributed by atoms with van der Waals surface area (Å²) in [7, 11) is 0. The summed E-state index contributed by atoms with van der Waals surface area (Å²) < 4.78 is 9.67. The van der Waals surface area contributed by atoms with Crippen molar-refractivity contribution in [3.8, 4) is 0 Å². The Balaban J connectivity index is 2.20. The van der Waals surface area contributed by atoms with E-state index in [1.165, 1.54) is 0 Å². The lowest BCUT2D eigenvalue weighted by molar-refractivity contribution is 0.160. The molecule has 0 aromatic carbocycles. The van der Waals surface area contributed by atoms with Crippen molar-refractivity contribution in [2.24, 2.45) is 0 Å². The summed E-state index contributed by atoms with van der Waals surface area (Å²) in [4.78, 5) is 0. The smallest absolute Gasteiger partial charge is 0.330 e. The average molecular weight is 96.1 g/mol. The lowest BCUT2D eigenvalue weighted by Crippen LogP contribution is -2.08. The zero-order valence-corrected chi connectivity index (χ0v) is 3.68. The third-order valence-electron chi connectivity index (χ3n) is 1.07. The molecular weight excluding hydrogens is 92.1 g/mol. The van der Waals surface area contributed by atoms with E-state index in [0.717, 1.165) is 5.76 Å². The highest BCUT2D eigenvalue weighted by Gasteiger charge is 2.46. The van der Waals surface area contributed by atoms with Crippen LogP contribution in [0.15, 0.2) is 24.4 Å². The van der Waals surface area contributed by atoms with E-state index in [-0.39, 0.29) is 6.10 Å². The molecule has 2 heteroatoms. The molecule has 1 atom stereocenters. The van der Waals surface area contributed by atoms with Gasteiger partial charge in [0.15, 0.2) is 6.10 Å². The fraction of sp³-hybridized carbons (Fsp3) is 0.200. The molecule has 0 fully saturated rings. The molecule has 2 nitrogen and oxygen atoms in total. The molecule has 2 heterocycles. The predicted molar refractivity (Wildman–Crippen MR) is 23.2 cm³/mol. The number of ether oxygens (including phenoxy) is 2. The lowest BCUT2D eigenvalue weighted by atomic mass is 10.3. The third kappa shape index (κ3) is 0.212. The molecule has 2 rings (SSSR count). The summed E-state index contributed by atoms with van der Waals surface area (Å²) in [6.45, 7) is 3.52. The van der Waals surface area contributed by atoms with Crippen molar-refractivity contribution in [3.63, 3.8) is 0 Å². The van der Waals surface area contributed by atoms with E-state index in [1.54, 1.807) is 6.08 Å². The Morgan fingerprint density at radius 3 is 2.71 bits per heavy atom. The molecule has 0 N–H and O–H groups in total. The van der Waals surface area contributed by atoms with Crippen molar-refractivity contribution in [1.29, 1.82) is 0 Å². The second-order valence-electron chi connectivity index (χ2n) is 1.53. The van der Waals surface area contributed by atoms with Gasteiger partial charge >= 0.3 is 5.95 Å². The van der Waals surface area contributed by atoms with E-state index in [1.807, 2.05) is 0 Å². The molecule has 0 aromatic rings. The van der Waals surface area contributed by atoms with Gasteiger partial charge in [-0.3, -0.25) is 0 Å². The van der Waals surface area contributed by atoms with Gasteiger partial charge in [0.25, 0.3) is 0 Å². The fourth-order valence-electron chi connectivity index (χ4n) is 0.597. The fourth-order valence-corrected chi connectivity index (χ4v) is 0.597. The van der Waals surface area contributed by atoms with Crippen LogP contribution in [-0.2, 0) is 9.47 Å². The summed E-state index contributed by atoms with van der Waals surface area (Å²) in [6, 6.07) is 0. The lowest BCUT2D eigenvalue weighted by Gasteiger charge is -2.04. The van der Waals surface area contributed by atoms with Crippen LogP contribution in [0.4, 0.5) is 0 Å². The highest BCUT2D eigenvalue weighted by atomic mass is 16.8. The maximum atomic E-state index is 4.90. The minimum Gasteiger partial charge on any atom is -0.446 e.